The van der Waals surface area contributed by atoms with E-state index in [1.807, 2.05) is 26.0 Å². The quantitative estimate of drug-likeness (QED) is 0.496. The van der Waals surface area contributed by atoms with Crippen molar-refractivity contribution >= 4 is 11.8 Å². The summed E-state index contributed by atoms with van der Waals surface area (Å²) in [7, 11) is 0. The van der Waals surface area contributed by atoms with Gasteiger partial charge in [0.2, 0.25) is 0 Å². The molecule has 1 aliphatic carbocycles. The Morgan fingerprint density at radius 1 is 1.33 bits per heavy atom. The normalized spacial score (nSPS) is 20.4. The molecule has 27 heavy (non-hydrogen) atoms. The van der Waals surface area contributed by atoms with E-state index in [-0.39, 0.29) is 17.8 Å². The molecule has 4 heteroatoms. The summed E-state index contributed by atoms with van der Waals surface area (Å²) >= 11 is 0. The third-order valence-corrected chi connectivity index (χ3v) is 5.01. The number of allylic oxidation sites excluding steroid dienone is 7. The number of ether oxygens (including phenoxy) is 1. The molecule has 0 aliphatic heterocycles. The van der Waals surface area contributed by atoms with E-state index in [9.17, 15) is 9.59 Å². The van der Waals surface area contributed by atoms with Crippen LogP contribution in [-0.2, 0) is 14.3 Å². The Kier molecular flexibility index (Phi) is 8.91. The van der Waals surface area contributed by atoms with Gasteiger partial charge in [0, 0.05) is 6.42 Å². The van der Waals surface area contributed by atoms with Crippen LogP contribution in [0.5, 0.6) is 0 Å². The molecule has 0 bridgehead atoms. The zero-order chi connectivity index (χ0) is 20.6. The van der Waals surface area contributed by atoms with Crippen LogP contribution in [0, 0.1) is 11.3 Å². The molecule has 150 valence electrons. The molecule has 1 rings (SSSR count). The molecule has 0 fully saturated rings. The number of rotatable bonds is 8. The minimum atomic E-state index is -0.593. The summed E-state index contributed by atoms with van der Waals surface area (Å²) < 4.78 is 5.03. The minimum absolute atomic E-state index is 0.0574. The number of Topliss-reactive ketones (excluding diaryl/α,β-unsaturated/α-hetero) is 1. The van der Waals surface area contributed by atoms with E-state index in [0.717, 1.165) is 24.0 Å². The van der Waals surface area contributed by atoms with Crippen molar-refractivity contribution in [2.24, 2.45) is 17.1 Å². The third-order valence-electron chi connectivity index (χ3n) is 5.01. The first-order chi connectivity index (χ1) is 12.5. The van der Waals surface area contributed by atoms with Gasteiger partial charge in [-0.05, 0) is 62.2 Å². The second-order valence-corrected chi connectivity index (χ2v) is 8.19. The Morgan fingerprint density at radius 2 is 2.00 bits per heavy atom. The molecule has 0 aromatic heterocycles. The Hall–Kier alpha value is -1.94. The fourth-order valence-electron chi connectivity index (χ4n) is 3.02. The number of ketones is 1. The van der Waals surface area contributed by atoms with E-state index < -0.39 is 12.0 Å². The molecule has 0 amide bonds. The van der Waals surface area contributed by atoms with Gasteiger partial charge in [-0.2, -0.15) is 0 Å². The fraction of sp³-hybridized carbons (Fsp3) is 0.565. The highest BCUT2D eigenvalue weighted by molar-refractivity contribution is 5.97. The summed E-state index contributed by atoms with van der Waals surface area (Å²) in [5.41, 5.74) is 8.62. The average molecular weight is 374 g/mol. The van der Waals surface area contributed by atoms with Crippen molar-refractivity contribution in [3.8, 4) is 0 Å². The Balaban J connectivity index is 2.57. The van der Waals surface area contributed by atoms with Gasteiger partial charge in [-0.15, -0.1) is 0 Å². The molecule has 0 aromatic carbocycles. The maximum atomic E-state index is 12.0. The summed E-state index contributed by atoms with van der Waals surface area (Å²) in [5.74, 6) is 0.251. The summed E-state index contributed by atoms with van der Waals surface area (Å²) in [6, 6.07) is -0.593. The molecule has 4 nitrogen and oxygen atoms in total. The number of esters is 1. The summed E-state index contributed by atoms with van der Waals surface area (Å²) in [6.45, 7) is 12.3. The van der Waals surface area contributed by atoms with E-state index in [4.69, 9.17) is 10.5 Å². The number of hydrogen-bond donors (Lipinski definition) is 1. The second kappa shape index (κ2) is 10.4. The van der Waals surface area contributed by atoms with Crippen LogP contribution < -0.4 is 5.73 Å². The van der Waals surface area contributed by atoms with Crippen molar-refractivity contribution < 1.29 is 14.3 Å². The van der Waals surface area contributed by atoms with Gasteiger partial charge in [0.25, 0.3) is 0 Å². The lowest BCUT2D eigenvalue weighted by Gasteiger charge is -2.32. The van der Waals surface area contributed by atoms with Crippen LogP contribution in [0.4, 0.5) is 0 Å². The van der Waals surface area contributed by atoms with Crippen molar-refractivity contribution in [1.29, 1.82) is 0 Å². The molecule has 0 heterocycles. The first-order valence-corrected chi connectivity index (χ1v) is 9.73. The fourth-order valence-corrected chi connectivity index (χ4v) is 3.02. The minimum Gasteiger partial charge on any atom is -0.460 e. The van der Waals surface area contributed by atoms with E-state index in [1.165, 1.54) is 5.57 Å². The predicted octanol–water partition coefficient (Wildman–Crippen LogP) is 4.67. The van der Waals surface area contributed by atoms with Crippen LogP contribution >= 0.6 is 0 Å². The molecule has 0 radical (unpaired) electrons. The zero-order valence-corrected chi connectivity index (χ0v) is 17.7. The van der Waals surface area contributed by atoms with Gasteiger partial charge in [0.05, 0.1) is 0 Å². The molecule has 2 atom stereocenters. The first kappa shape index (κ1) is 23.1. The van der Waals surface area contributed by atoms with Crippen molar-refractivity contribution in [3.05, 3.63) is 47.1 Å². The highest BCUT2D eigenvalue weighted by Crippen LogP contribution is 2.39. The van der Waals surface area contributed by atoms with E-state index in [1.54, 1.807) is 6.92 Å². The lowest BCUT2D eigenvalue weighted by Crippen LogP contribution is -2.28. The second-order valence-electron chi connectivity index (χ2n) is 8.19. The lowest BCUT2D eigenvalue weighted by atomic mass is 9.72. The highest BCUT2D eigenvalue weighted by atomic mass is 16.5. The Bertz CT molecular complexity index is 663. The van der Waals surface area contributed by atoms with E-state index >= 15 is 0 Å². The molecule has 2 N–H and O–H groups in total. The van der Waals surface area contributed by atoms with E-state index in [2.05, 4.69) is 39.0 Å². The number of carbonyl (C=O) groups excluding carboxylic acids is 2. The van der Waals surface area contributed by atoms with Crippen molar-refractivity contribution in [1.82, 2.24) is 0 Å². The standard InChI is InChI=1S/C23H35NO3/c1-16(8-7-9-17(2)13-15-27-22(26)19(4)24)10-11-20-18(3)21(25)12-14-23(20,5)6/h7,9-11,13,16,19H,8,12,14-15,24H2,1-6H3/b9-7+,11-10+,17-13+. The van der Waals surface area contributed by atoms with Crippen LogP contribution in [0.25, 0.3) is 0 Å². The van der Waals surface area contributed by atoms with Crippen molar-refractivity contribution in [3.63, 3.8) is 0 Å². The number of nitrogens with two attached hydrogens (primary N) is 1. The van der Waals surface area contributed by atoms with Gasteiger partial charge >= 0.3 is 5.97 Å². The van der Waals surface area contributed by atoms with Crippen LogP contribution in [0.15, 0.2) is 47.1 Å². The van der Waals surface area contributed by atoms with Gasteiger partial charge in [-0.25, -0.2) is 0 Å². The topological polar surface area (TPSA) is 69.4 Å². The van der Waals surface area contributed by atoms with Gasteiger partial charge in [0.15, 0.2) is 5.78 Å². The Labute approximate surface area is 164 Å². The van der Waals surface area contributed by atoms with Crippen molar-refractivity contribution in [2.45, 2.75) is 66.8 Å². The summed E-state index contributed by atoms with van der Waals surface area (Å²) in [4.78, 5) is 23.3. The lowest BCUT2D eigenvalue weighted by molar-refractivity contribution is -0.143. The number of hydrogen-bond acceptors (Lipinski definition) is 4. The molecule has 0 spiro atoms. The molecule has 1 aliphatic rings. The van der Waals surface area contributed by atoms with Gasteiger partial charge in [0.1, 0.15) is 12.6 Å². The molecular weight excluding hydrogens is 338 g/mol. The van der Waals surface area contributed by atoms with Crippen molar-refractivity contribution in [2.75, 3.05) is 6.61 Å². The van der Waals surface area contributed by atoms with Crippen LogP contribution in [-0.4, -0.2) is 24.4 Å². The predicted molar refractivity (Wildman–Crippen MR) is 111 cm³/mol. The summed E-state index contributed by atoms with van der Waals surface area (Å²) in [5, 5.41) is 0. The maximum Gasteiger partial charge on any atom is 0.322 e. The number of carbonyl (C=O) groups is 2. The van der Waals surface area contributed by atoms with Gasteiger partial charge in [-0.1, -0.05) is 50.6 Å². The van der Waals surface area contributed by atoms with Gasteiger partial charge in [-0.3, -0.25) is 9.59 Å². The van der Waals surface area contributed by atoms with Crippen LogP contribution in [0.3, 0.4) is 0 Å². The molecule has 0 saturated heterocycles. The molecule has 0 saturated carbocycles. The molecule has 2 unspecified atom stereocenters. The molecule has 0 aromatic rings. The first-order valence-electron chi connectivity index (χ1n) is 9.73. The van der Waals surface area contributed by atoms with Crippen LogP contribution in [0.2, 0.25) is 0 Å². The average Bonchev–Trinajstić information content (AvgIpc) is 2.58. The highest BCUT2D eigenvalue weighted by Gasteiger charge is 2.30. The Morgan fingerprint density at radius 3 is 2.63 bits per heavy atom. The van der Waals surface area contributed by atoms with Gasteiger partial charge < -0.3 is 10.5 Å². The van der Waals surface area contributed by atoms with Crippen LogP contribution in [0.1, 0.15) is 60.8 Å². The zero-order valence-electron chi connectivity index (χ0n) is 17.7. The largest absolute Gasteiger partial charge is 0.460 e. The summed E-state index contributed by atoms with van der Waals surface area (Å²) in [6.07, 6.45) is 12.8. The third kappa shape index (κ3) is 7.67. The smallest absolute Gasteiger partial charge is 0.322 e. The SMILES string of the molecule is CC1=C(/C=C/C(C)C/C=C/C(C)=C/COC(=O)C(C)N)C(C)(C)CCC1=O. The maximum absolute atomic E-state index is 12.0. The monoisotopic (exact) mass is 373 g/mol. The van der Waals surface area contributed by atoms with E-state index in [0.29, 0.717) is 12.3 Å². The molecular formula is C23H35NO3.